The van der Waals surface area contributed by atoms with E-state index in [1.54, 1.807) is 20.8 Å². The van der Waals surface area contributed by atoms with Crippen LogP contribution in [0.2, 0.25) is 0 Å². The molecule has 0 spiro atoms. The van der Waals surface area contributed by atoms with Crippen molar-refractivity contribution >= 4 is 31.9 Å². The van der Waals surface area contributed by atoms with Gasteiger partial charge in [0.1, 0.15) is 12.3 Å². The van der Waals surface area contributed by atoms with E-state index in [-0.39, 0.29) is 127 Å². The fourth-order valence-electron chi connectivity index (χ4n) is 38.9. The van der Waals surface area contributed by atoms with Crippen LogP contribution in [0.15, 0.2) is 60.8 Å². The van der Waals surface area contributed by atoms with E-state index in [4.69, 9.17) is 0 Å². The summed E-state index contributed by atoms with van der Waals surface area (Å²) in [4.78, 5) is 0. The minimum Gasteiger partial charge on any atom is -0.392 e. The van der Waals surface area contributed by atoms with Crippen molar-refractivity contribution in [1.29, 1.82) is 0 Å². The molecule has 20 aliphatic rings. The van der Waals surface area contributed by atoms with Gasteiger partial charge in [0.25, 0.3) is 17.8 Å². The Labute approximate surface area is 778 Å². The molecule has 0 aliphatic heterocycles. The van der Waals surface area contributed by atoms with E-state index in [0.717, 1.165) is 150 Å². The van der Waals surface area contributed by atoms with E-state index < -0.39 is 75.9 Å². The van der Waals surface area contributed by atoms with Crippen molar-refractivity contribution in [2.45, 2.75) is 391 Å². The van der Waals surface area contributed by atoms with Crippen molar-refractivity contribution in [3.05, 3.63) is 60.8 Å². The van der Waals surface area contributed by atoms with Crippen LogP contribution in [0.3, 0.4) is 0 Å². The first-order chi connectivity index (χ1) is 59.3. The number of rotatable bonds is 9. The first-order valence-corrected chi connectivity index (χ1v) is 54.2. The molecular weight excluding hydrogens is 1740 g/mol. The number of aliphatic hydroxyl groups excluding tert-OH is 2. The van der Waals surface area contributed by atoms with Gasteiger partial charge in [-0.2, -0.15) is 0 Å². The molecule has 20 fully saturated rings. The molecule has 0 bridgehead atoms. The highest BCUT2D eigenvalue weighted by atomic mass is 79.9. The van der Waals surface area contributed by atoms with Gasteiger partial charge < -0.3 is 35.7 Å². The van der Waals surface area contributed by atoms with E-state index in [1.165, 1.54) is 68.1 Å². The molecule has 42 atom stereocenters. The van der Waals surface area contributed by atoms with Crippen molar-refractivity contribution in [1.82, 2.24) is 0 Å². The maximum Gasteiger partial charge on any atom is 0.251 e. The fraction of sp³-hybridized carbons (Fsp3) is 0.909. The molecule has 0 heterocycles. The summed E-state index contributed by atoms with van der Waals surface area (Å²) in [6, 6.07) is 0. The molecule has 20 aliphatic carbocycles. The number of hydrogen-bond donors (Lipinski definition) is 7. The molecule has 7 N–H and O–H groups in total. The van der Waals surface area contributed by atoms with Crippen LogP contribution in [-0.2, 0) is 0 Å². The monoisotopic (exact) mass is 1910 g/mol. The Morgan fingerprint density at radius 1 is 0.260 bits per heavy atom. The molecule has 0 saturated heterocycles. The second-order valence-corrected chi connectivity index (χ2v) is 52.8. The molecular formula is C110H170Br2F8O7. The van der Waals surface area contributed by atoms with Gasteiger partial charge in [-0.15, -0.1) is 0 Å². The van der Waals surface area contributed by atoms with Crippen LogP contribution >= 0.6 is 31.9 Å². The number of halogens is 10. The molecule has 0 aromatic heterocycles. The zero-order valence-electron chi connectivity index (χ0n) is 80.0. The van der Waals surface area contributed by atoms with Crippen LogP contribution in [0.25, 0.3) is 0 Å². The fourth-order valence-corrected chi connectivity index (χ4v) is 39.7. The minimum absolute atomic E-state index is 0.00646. The molecule has 20 rings (SSSR count). The van der Waals surface area contributed by atoms with E-state index >= 15 is 35.1 Å². The SMILES string of the molecule is C=C(C)[C@H]1CC[C@H]2[C@@H]3CC(F)(F)[C@H]4C[C@@](C)(O)CC[C@@H]4[C@H]3CC[C@]12C.C=C(CBr)[C@H]1CC[C@H]2[C@@H]3CC(F)(F)[C@H]4C[C@@](C)(O)CC[C@@H]4[C@H]3CC[C@]12C.C=C(CBr)[C@H]1CC[C@H]2[C@@H]3C[C@@H](F)[C@H]4C[C@@](C)(O)CC[C@@H]4[C@H]3CC[C@]12C.C=C(CO)[C@H]1CC[C@H]2[C@@H]3CC(F)(F)[C@H]4C[C@@](C)(O)CC[C@@H]4[C@H]3CC[C@]12C.C=C(CO)[C@H]1CC[C@H]2[C@@H]3C[C@@H](F)[C@H]4C[C@@](C)(O)CC[C@@H]4[C@H]3CC[C@]12C. The molecule has 0 amide bonds. The highest BCUT2D eigenvalue weighted by Crippen LogP contribution is 2.75. The predicted octanol–water partition coefficient (Wildman–Crippen LogP) is 27.2. The molecule has 0 radical (unpaired) electrons. The summed E-state index contributed by atoms with van der Waals surface area (Å²) in [7, 11) is 0. The summed E-state index contributed by atoms with van der Waals surface area (Å²) >= 11 is 7.18. The Morgan fingerprint density at radius 2 is 0.472 bits per heavy atom. The van der Waals surface area contributed by atoms with Gasteiger partial charge in [-0.05, 0) is 477 Å². The number of fused-ring (bicyclic) bond motifs is 25. The summed E-state index contributed by atoms with van der Waals surface area (Å²) in [5.41, 5.74) is 2.55. The number of allylic oxidation sites excluding steroid dienone is 3. The van der Waals surface area contributed by atoms with E-state index in [1.807, 2.05) is 13.8 Å². The lowest BCUT2D eigenvalue weighted by Gasteiger charge is -2.58. The predicted molar refractivity (Wildman–Crippen MR) is 501 cm³/mol. The largest absolute Gasteiger partial charge is 0.392 e. The van der Waals surface area contributed by atoms with Gasteiger partial charge in [-0.3, -0.25) is 0 Å². The van der Waals surface area contributed by atoms with Crippen LogP contribution in [0.1, 0.15) is 333 Å². The number of hydrogen-bond acceptors (Lipinski definition) is 7. The lowest BCUT2D eigenvalue weighted by molar-refractivity contribution is -0.209. The lowest BCUT2D eigenvalue weighted by Crippen LogP contribution is -2.57. The van der Waals surface area contributed by atoms with Crippen LogP contribution < -0.4 is 0 Å². The summed E-state index contributed by atoms with van der Waals surface area (Å²) in [6.07, 6.45) is 32.9. The molecule has 0 unspecified atom stereocenters. The Hall–Kier alpha value is -1.18. The second-order valence-electron chi connectivity index (χ2n) is 51.7. The van der Waals surface area contributed by atoms with Crippen molar-refractivity contribution in [2.24, 2.45) is 205 Å². The van der Waals surface area contributed by atoms with E-state index in [9.17, 15) is 35.7 Å². The van der Waals surface area contributed by atoms with Gasteiger partial charge in [0, 0.05) is 47.7 Å². The lowest BCUT2D eigenvalue weighted by atomic mass is 9.48. The molecule has 127 heavy (non-hydrogen) atoms. The third kappa shape index (κ3) is 17.7. The van der Waals surface area contributed by atoms with Crippen LogP contribution in [0, 0.1) is 205 Å². The van der Waals surface area contributed by atoms with Crippen molar-refractivity contribution in [2.75, 3.05) is 23.9 Å². The summed E-state index contributed by atoms with van der Waals surface area (Å²) in [6.45, 7) is 44.1. The maximum atomic E-state index is 15.2. The van der Waals surface area contributed by atoms with Crippen molar-refractivity contribution in [3.63, 3.8) is 0 Å². The topological polar surface area (TPSA) is 142 Å². The summed E-state index contributed by atoms with van der Waals surface area (Å²) in [5.74, 6) is 0.430. The average Bonchev–Trinajstić information content (AvgIpc) is 1.68. The highest BCUT2D eigenvalue weighted by molar-refractivity contribution is 9.09. The first kappa shape index (κ1) is 98.9. The second kappa shape index (κ2) is 35.6. The van der Waals surface area contributed by atoms with Gasteiger partial charge in [0.15, 0.2) is 0 Å². The summed E-state index contributed by atoms with van der Waals surface area (Å²) < 4.78 is 122. The normalized spacial score (nSPS) is 54.0. The maximum absolute atomic E-state index is 15.2. The van der Waals surface area contributed by atoms with E-state index in [0.29, 0.717) is 150 Å². The molecule has 722 valence electrons. The number of alkyl halides is 10. The van der Waals surface area contributed by atoms with Crippen LogP contribution in [0.4, 0.5) is 35.1 Å². The van der Waals surface area contributed by atoms with Crippen LogP contribution in [0.5, 0.6) is 0 Å². The van der Waals surface area contributed by atoms with Gasteiger partial charge >= 0.3 is 0 Å². The highest BCUT2D eigenvalue weighted by Gasteiger charge is 2.70. The molecule has 7 nitrogen and oxygen atoms in total. The van der Waals surface area contributed by atoms with Crippen molar-refractivity contribution < 1.29 is 70.9 Å². The van der Waals surface area contributed by atoms with Crippen molar-refractivity contribution in [3.8, 4) is 0 Å². The zero-order valence-corrected chi connectivity index (χ0v) is 83.2. The quantitative estimate of drug-likeness (QED) is 0.0693. The average molecular weight is 1920 g/mol. The Morgan fingerprint density at radius 3 is 0.732 bits per heavy atom. The third-order valence-corrected chi connectivity index (χ3v) is 46.1. The Kier molecular flexibility index (Phi) is 27.7. The zero-order chi connectivity index (χ0) is 92.0. The van der Waals surface area contributed by atoms with Crippen LogP contribution in [-0.4, -0.2) is 118 Å². The van der Waals surface area contributed by atoms with Gasteiger partial charge in [0.05, 0.1) is 41.2 Å². The molecule has 17 heteroatoms. The van der Waals surface area contributed by atoms with E-state index in [2.05, 4.69) is 106 Å². The smallest absolute Gasteiger partial charge is 0.251 e. The molecule has 0 aromatic rings. The Balaban J connectivity index is 0.000000117. The molecule has 0 aromatic carbocycles. The van der Waals surface area contributed by atoms with Gasteiger partial charge in [0.2, 0.25) is 0 Å². The minimum atomic E-state index is -2.67. The third-order valence-electron chi connectivity index (χ3n) is 44.7. The summed E-state index contributed by atoms with van der Waals surface area (Å²) in [5, 5.41) is 73.0. The Bertz CT molecular complexity index is 3790. The van der Waals surface area contributed by atoms with Gasteiger partial charge in [-0.1, -0.05) is 116 Å². The first-order valence-electron chi connectivity index (χ1n) is 52.0. The standard InChI is InChI=1S/C22H33BrF2O.C22H34BrFO.C22H34F2O2.C22H34F2O.C22H35FO2/c1-13(12-23)17-4-5-18-16-10-22(24,25)19-11-20(2,26)8-6-15(19)14(16)7-9-21(17,18)3;1-13(12-23)18-4-5-19-16-10-20(24)17-11-21(2,25)8-6-15(17)14(16)7-9-22(18,19)3;1-13(12-25)17-4-5-18-16-10-22(23,24)19-11-20(2,26)8-6-15(19)14(16)7-9-21(17,18)3;1-13(2)17-5-6-18-16-11-22(23,24)19-12-20(3,25)9-7-15(19)14(16)8-10-21(17,18)4;1-13(12-24)18-4-5-19-16-10-20(23)17-11-21(2,25)8-6-15(17)14(16)7-9-22(18,19)3/h14-19,26H,1,4-12H2,2-3H3;14-20,25H,1,4-12H2,2-3H3;14-19,25-26H,1,4-12H2,2-3H3;14-19,25H,1,5-12H2,2-4H3;14-20,24-25H,1,4-12H2,2-3H3/t14-,15-,16-,17-,18+,19+,20+,21-;14-,15-,16-,17+,18-,19+,20-,21+,22-;2*14-,15-,16-,17-,18+,19+,20+,21-;14-,15-,16-,17+,18-,19+,20-,21+,22-/m11111/s1. The number of aliphatic hydroxyl groups is 7. The molecule has 20 saturated carbocycles. The van der Waals surface area contributed by atoms with Gasteiger partial charge in [-0.25, -0.2) is 35.1 Å².